The summed E-state index contributed by atoms with van der Waals surface area (Å²) in [6.07, 6.45) is -0.298. The van der Waals surface area contributed by atoms with E-state index in [-0.39, 0.29) is 6.10 Å². The third-order valence-corrected chi connectivity index (χ3v) is 6.39. The molecule has 31 heavy (non-hydrogen) atoms. The van der Waals surface area contributed by atoms with Crippen molar-refractivity contribution in [2.24, 2.45) is 0 Å². The first-order chi connectivity index (χ1) is 15.2. The fourth-order valence-electron chi connectivity index (χ4n) is 4.55. The number of aliphatic hydroxyl groups excluding tert-OH is 1. The third-order valence-electron chi connectivity index (χ3n) is 6.39. The summed E-state index contributed by atoms with van der Waals surface area (Å²) in [6, 6.07) is 20.6. The van der Waals surface area contributed by atoms with Gasteiger partial charge in [0.25, 0.3) is 0 Å². The molecule has 1 atom stereocenters. The quantitative estimate of drug-likeness (QED) is 0.739. The van der Waals surface area contributed by atoms with Gasteiger partial charge in [0.1, 0.15) is 0 Å². The van der Waals surface area contributed by atoms with Gasteiger partial charge in [-0.1, -0.05) is 30.3 Å². The maximum absolute atomic E-state index is 10.7. The first kappa shape index (κ1) is 21.8. The summed E-state index contributed by atoms with van der Waals surface area (Å²) in [7, 11) is 0. The van der Waals surface area contributed by atoms with Gasteiger partial charge in [-0.3, -0.25) is 14.7 Å². The van der Waals surface area contributed by atoms with E-state index in [0.717, 1.165) is 72.0 Å². The van der Waals surface area contributed by atoms with Gasteiger partial charge in [0.05, 0.1) is 17.7 Å². The fraction of sp³-hybridized carbons (Fsp3) is 0.480. The fourth-order valence-corrected chi connectivity index (χ4v) is 4.55. The summed E-state index contributed by atoms with van der Waals surface area (Å²) in [4.78, 5) is 9.66. The Bertz CT molecular complexity index is 834. The highest BCUT2D eigenvalue weighted by molar-refractivity contribution is 5.46. The number of hydrogen-bond donors (Lipinski definition) is 1. The summed E-state index contributed by atoms with van der Waals surface area (Å²) in [5.74, 6) is 0. The molecule has 2 aliphatic rings. The van der Waals surface area contributed by atoms with Crippen molar-refractivity contribution in [2.45, 2.75) is 12.6 Å². The Hall–Kier alpha value is -2.43. The standard InChI is InChI=1S/C25H33N5O/c26-18-22-6-8-23(9-7-22)19-27-10-12-28(13-11-27)20-25(31)21-29-14-16-30(17-15-29)24-4-2-1-3-5-24/h1-9,25,31H,10-17,19-21H2. The van der Waals surface area contributed by atoms with Crippen molar-refractivity contribution >= 4 is 5.69 Å². The van der Waals surface area contributed by atoms with Crippen LogP contribution < -0.4 is 4.90 Å². The van der Waals surface area contributed by atoms with Crippen LogP contribution in [-0.4, -0.2) is 91.4 Å². The van der Waals surface area contributed by atoms with Gasteiger partial charge in [-0.05, 0) is 29.8 Å². The molecule has 2 aromatic rings. The lowest BCUT2D eigenvalue weighted by atomic mass is 10.1. The molecule has 2 aliphatic heterocycles. The Kier molecular flexibility index (Phi) is 7.55. The molecule has 1 N–H and O–H groups in total. The minimum absolute atomic E-state index is 0.298. The number of para-hydroxylation sites is 1. The normalized spacial score (nSPS) is 19.8. The van der Waals surface area contributed by atoms with E-state index in [1.54, 1.807) is 0 Å². The lowest BCUT2D eigenvalue weighted by Gasteiger charge is -2.39. The van der Waals surface area contributed by atoms with E-state index >= 15 is 0 Å². The van der Waals surface area contributed by atoms with E-state index in [1.807, 2.05) is 24.3 Å². The van der Waals surface area contributed by atoms with Crippen molar-refractivity contribution in [3.8, 4) is 6.07 Å². The number of anilines is 1. The van der Waals surface area contributed by atoms with Crippen LogP contribution >= 0.6 is 0 Å². The maximum Gasteiger partial charge on any atom is 0.0991 e. The summed E-state index contributed by atoms with van der Waals surface area (Å²) < 4.78 is 0. The first-order valence-electron chi connectivity index (χ1n) is 11.3. The molecule has 0 amide bonds. The van der Waals surface area contributed by atoms with Gasteiger partial charge in [-0.25, -0.2) is 0 Å². The van der Waals surface area contributed by atoms with Gasteiger partial charge in [0.2, 0.25) is 0 Å². The van der Waals surface area contributed by atoms with Crippen LogP contribution in [-0.2, 0) is 6.54 Å². The Morgan fingerprint density at radius 1 is 0.742 bits per heavy atom. The topological polar surface area (TPSA) is 57.0 Å². The molecule has 2 heterocycles. The van der Waals surface area contributed by atoms with Crippen molar-refractivity contribution in [3.63, 3.8) is 0 Å². The Balaban J connectivity index is 1.14. The van der Waals surface area contributed by atoms with Crippen LogP contribution in [0.4, 0.5) is 5.69 Å². The SMILES string of the molecule is N#Cc1ccc(CN2CCN(CC(O)CN3CCN(c4ccccc4)CC3)CC2)cc1. The lowest BCUT2D eigenvalue weighted by molar-refractivity contribution is 0.0477. The molecule has 1 unspecified atom stereocenters. The molecule has 4 rings (SSSR count). The average molecular weight is 420 g/mol. The zero-order chi connectivity index (χ0) is 21.5. The third kappa shape index (κ3) is 6.28. The number of hydrogen-bond acceptors (Lipinski definition) is 6. The molecule has 0 bridgehead atoms. The first-order valence-corrected chi connectivity index (χ1v) is 11.3. The molecule has 6 nitrogen and oxygen atoms in total. The highest BCUT2D eigenvalue weighted by Gasteiger charge is 2.23. The zero-order valence-electron chi connectivity index (χ0n) is 18.2. The van der Waals surface area contributed by atoms with Gasteiger partial charge < -0.3 is 10.0 Å². The molecule has 0 radical (unpaired) electrons. The number of β-amino-alcohol motifs (C(OH)–C–C–N with tert-alkyl or cyclic N) is 1. The molecule has 0 saturated carbocycles. The number of aliphatic hydroxyl groups is 1. The Morgan fingerprint density at radius 2 is 1.29 bits per heavy atom. The van der Waals surface area contributed by atoms with Crippen molar-refractivity contribution in [1.29, 1.82) is 5.26 Å². The molecule has 6 heteroatoms. The van der Waals surface area contributed by atoms with Gasteiger partial charge in [-0.15, -0.1) is 0 Å². The second-order valence-corrected chi connectivity index (χ2v) is 8.66. The van der Waals surface area contributed by atoms with E-state index in [0.29, 0.717) is 5.56 Å². The molecule has 0 aromatic heterocycles. The van der Waals surface area contributed by atoms with Crippen LogP contribution in [0, 0.1) is 11.3 Å². The molecule has 2 fully saturated rings. The largest absolute Gasteiger partial charge is 0.390 e. The van der Waals surface area contributed by atoms with E-state index in [1.165, 1.54) is 11.3 Å². The summed E-state index contributed by atoms with van der Waals surface area (Å²) in [5.41, 5.74) is 3.26. The molecule has 0 aliphatic carbocycles. The van der Waals surface area contributed by atoms with Gasteiger partial charge >= 0.3 is 0 Å². The highest BCUT2D eigenvalue weighted by atomic mass is 16.3. The highest BCUT2D eigenvalue weighted by Crippen LogP contribution is 2.16. The average Bonchev–Trinajstić information content (AvgIpc) is 2.82. The molecular formula is C25H33N5O. The van der Waals surface area contributed by atoms with Crippen molar-refractivity contribution in [1.82, 2.24) is 14.7 Å². The van der Waals surface area contributed by atoms with Crippen LogP contribution in [0.25, 0.3) is 0 Å². The van der Waals surface area contributed by atoms with E-state index in [2.05, 4.69) is 56.0 Å². The zero-order valence-corrected chi connectivity index (χ0v) is 18.2. The number of rotatable bonds is 7. The number of nitrogens with zero attached hydrogens (tertiary/aromatic N) is 5. The predicted molar refractivity (Wildman–Crippen MR) is 124 cm³/mol. The van der Waals surface area contributed by atoms with Crippen LogP contribution in [0.2, 0.25) is 0 Å². The lowest BCUT2D eigenvalue weighted by Crippen LogP contribution is -2.52. The van der Waals surface area contributed by atoms with Gasteiger partial charge in [0.15, 0.2) is 0 Å². The Morgan fingerprint density at radius 3 is 1.87 bits per heavy atom. The number of benzene rings is 2. The number of nitriles is 1. The van der Waals surface area contributed by atoms with Crippen LogP contribution in [0.3, 0.4) is 0 Å². The maximum atomic E-state index is 10.7. The van der Waals surface area contributed by atoms with Gasteiger partial charge in [0, 0.05) is 77.7 Å². The monoisotopic (exact) mass is 419 g/mol. The second-order valence-electron chi connectivity index (χ2n) is 8.66. The van der Waals surface area contributed by atoms with Gasteiger partial charge in [-0.2, -0.15) is 5.26 Å². The van der Waals surface area contributed by atoms with Crippen LogP contribution in [0.15, 0.2) is 54.6 Å². The minimum atomic E-state index is -0.298. The van der Waals surface area contributed by atoms with Crippen LogP contribution in [0.1, 0.15) is 11.1 Å². The minimum Gasteiger partial charge on any atom is -0.390 e. The molecule has 0 spiro atoms. The van der Waals surface area contributed by atoms with Crippen molar-refractivity contribution < 1.29 is 5.11 Å². The number of piperazine rings is 2. The van der Waals surface area contributed by atoms with Crippen LogP contribution in [0.5, 0.6) is 0 Å². The smallest absolute Gasteiger partial charge is 0.0991 e. The van der Waals surface area contributed by atoms with Crippen molar-refractivity contribution in [2.75, 3.05) is 70.3 Å². The molecular weight excluding hydrogens is 386 g/mol. The second kappa shape index (κ2) is 10.7. The molecule has 2 aromatic carbocycles. The van der Waals surface area contributed by atoms with Crippen molar-refractivity contribution in [3.05, 3.63) is 65.7 Å². The van der Waals surface area contributed by atoms with E-state index in [9.17, 15) is 5.11 Å². The molecule has 164 valence electrons. The summed E-state index contributed by atoms with van der Waals surface area (Å²) in [6.45, 7) is 10.5. The van der Waals surface area contributed by atoms with E-state index in [4.69, 9.17) is 5.26 Å². The Labute approximate surface area is 185 Å². The van der Waals surface area contributed by atoms with E-state index < -0.39 is 0 Å². The summed E-state index contributed by atoms with van der Waals surface area (Å²) in [5, 5.41) is 19.6. The summed E-state index contributed by atoms with van der Waals surface area (Å²) >= 11 is 0. The predicted octanol–water partition coefficient (Wildman–Crippen LogP) is 1.86. The molecule has 2 saturated heterocycles.